The van der Waals surface area contributed by atoms with Gasteiger partial charge < -0.3 is 14.1 Å². The number of hydrogen-bond donors (Lipinski definition) is 1. The summed E-state index contributed by atoms with van der Waals surface area (Å²) in [5.74, 6) is -0.441. The second-order valence-corrected chi connectivity index (χ2v) is 7.10. The van der Waals surface area contributed by atoms with Crippen molar-refractivity contribution in [3.63, 3.8) is 0 Å². The minimum Gasteiger partial charge on any atom is -0.450 e. The fourth-order valence-corrected chi connectivity index (χ4v) is 3.36. The number of ketones is 1. The number of furan rings is 1. The third kappa shape index (κ3) is 4.22. The van der Waals surface area contributed by atoms with Crippen LogP contribution in [0.4, 0.5) is 0 Å². The number of nitrogens with one attached hydrogen (secondary N) is 1. The molecule has 2 aromatic carbocycles. The van der Waals surface area contributed by atoms with Gasteiger partial charge in [0.1, 0.15) is 5.76 Å². The first-order valence-corrected chi connectivity index (χ1v) is 9.70. The van der Waals surface area contributed by atoms with Crippen LogP contribution in [-0.2, 0) is 9.53 Å². The van der Waals surface area contributed by atoms with Gasteiger partial charge in [-0.2, -0.15) is 0 Å². The van der Waals surface area contributed by atoms with Crippen LogP contribution in [-0.4, -0.2) is 16.7 Å². The molecule has 0 aliphatic heterocycles. The van der Waals surface area contributed by atoms with E-state index in [1.807, 2.05) is 30.3 Å². The zero-order chi connectivity index (χ0) is 20.2. The van der Waals surface area contributed by atoms with Crippen molar-refractivity contribution in [1.82, 2.24) is 4.98 Å². The number of benzene rings is 2. The summed E-state index contributed by atoms with van der Waals surface area (Å²) in [5.41, 5.74) is 1.92. The molecule has 0 amide bonds. The number of para-hydroxylation sites is 1. The van der Waals surface area contributed by atoms with E-state index in [0.717, 1.165) is 10.9 Å². The lowest BCUT2D eigenvalue weighted by Gasteiger charge is -2.16. The predicted molar refractivity (Wildman–Crippen MR) is 113 cm³/mol. The standard InChI is InChI=1S/C23H16BrNO4/c24-20-12-10-16(28-20)11-13-21(26)29-23(15-6-2-1-3-7-15)22(27)18-14-25-19-9-5-4-8-17(18)19/h1-14,23,25H. The van der Waals surface area contributed by atoms with E-state index in [0.29, 0.717) is 21.6 Å². The summed E-state index contributed by atoms with van der Waals surface area (Å²) in [7, 11) is 0. The maximum absolute atomic E-state index is 13.3. The van der Waals surface area contributed by atoms with E-state index in [9.17, 15) is 9.59 Å². The van der Waals surface area contributed by atoms with E-state index >= 15 is 0 Å². The Morgan fingerprint density at radius 1 is 1.00 bits per heavy atom. The van der Waals surface area contributed by atoms with Gasteiger partial charge in [0.15, 0.2) is 10.8 Å². The van der Waals surface area contributed by atoms with Crippen LogP contribution in [0.5, 0.6) is 0 Å². The van der Waals surface area contributed by atoms with E-state index in [1.54, 1.807) is 42.6 Å². The largest absolute Gasteiger partial charge is 0.450 e. The van der Waals surface area contributed by atoms with Gasteiger partial charge in [-0.25, -0.2) is 4.79 Å². The number of Topliss-reactive ketones (excluding diaryl/α,β-unsaturated/α-hetero) is 1. The number of carbonyl (C=O) groups excluding carboxylic acids is 2. The molecule has 4 rings (SSSR count). The molecule has 0 spiro atoms. The van der Waals surface area contributed by atoms with Crippen molar-refractivity contribution in [2.75, 3.05) is 0 Å². The highest BCUT2D eigenvalue weighted by Gasteiger charge is 2.27. The Morgan fingerprint density at radius 3 is 2.52 bits per heavy atom. The maximum Gasteiger partial charge on any atom is 0.331 e. The van der Waals surface area contributed by atoms with Gasteiger partial charge in [-0.1, -0.05) is 48.5 Å². The highest BCUT2D eigenvalue weighted by Crippen LogP contribution is 2.27. The van der Waals surface area contributed by atoms with E-state index in [2.05, 4.69) is 20.9 Å². The first-order valence-electron chi connectivity index (χ1n) is 8.91. The fraction of sp³-hybridized carbons (Fsp3) is 0.0435. The molecule has 0 aliphatic rings. The Bertz CT molecular complexity index is 1190. The topological polar surface area (TPSA) is 72.3 Å². The van der Waals surface area contributed by atoms with Gasteiger partial charge in [0.05, 0.1) is 0 Å². The molecule has 5 nitrogen and oxygen atoms in total. The molecule has 0 saturated carbocycles. The monoisotopic (exact) mass is 449 g/mol. The molecule has 0 fully saturated rings. The third-order valence-corrected chi connectivity index (χ3v) is 4.83. The summed E-state index contributed by atoms with van der Waals surface area (Å²) in [4.78, 5) is 28.8. The zero-order valence-corrected chi connectivity index (χ0v) is 16.8. The van der Waals surface area contributed by atoms with Gasteiger partial charge in [0.2, 0.25) is 5.78 Å². The van der Waals surface area contributed by atoms with Crippen LogP contribution in [0, 0.1) is 0 Å². The second kappa shape index (κ2) is 8.32. The van der Waals surface area contributed by atoms with Crippen LogP contribution >= 0.6 is 15.9 Å². The number of aromatic nitrogens is 1. The molecule has 29 heavy (non-hydrogen) atoms. The lowest BCUT2D eigenvalue weighted by atomic mass is 9.99. The highest BCUT2D eigenvalue weighted by molar-refractivity contribution is 9.10. The number of halogens is 1. The minimum atomic E-state index is -1.06. The molecular weight excluding hydrogens is 434 g/mol. The molecule has 4 aromatic rings. The van der Waals surface area contributed by atoms with Crippen molar-refractivity contribution in [3.05, 3.63) is 101 Å². The lowest BCUT2D eigenvalue weighted by molar-refractivity contribution is -0.141. The summed E-state index contributed by atoms with van der Waals surface area (Å²) in [6.45, 7) is 0. The van der Waals surface area contributed by atoms with E-state index in [4.69, 9.17) is 9.15 Å². The smallest absolute Gasteiger partial charge is 0.331 e. The molecule has 0 bridgehead atoms. The number of hydrogen-bond acceptors (Lipinski definition) is 4. The minimum absolute atomic E-state index is 0.295. The Hall–Kier alpha value is -3.38. The van der Waals surface area contributed by atoms with Gasteiger partial charge in [0, 0.05) is 34.3 Å². The van der Waals surface area contributed by atoms with Crippen molar-refractivity contribution in [1.29, 1.82) is 0 Å². The number of carbonyl (C=O) groups is 2. The fourth-order valence-electron chi connectivity index (χ4n) is 3.04. The van der Waals surface area contributed by atoms with E-state index < -0.39 is 12.1 Å². The summed E-state index contributed by atoms with van der Waals surface area (Å²) in [5, 5.41) is 0.783. The van der Waals surface area contributed by atoms with Gasteiger partial charge in [-0.3, -0.25) is 4.79 Å². The van der Waals surface area contributed by atoms with Gasteiger partial charge in [-0.15, -0.1) is 0 Å². The summed E-state index contributed by atoms with van der Waals surface area (Å²) >= 11 is 3.21. The molecule has 1 N–H and O–H groups in total. The third-order valence-electron chi connectivity index (χ3n) is 4.41. The van der Waals surface area contributed by atoms with Crippen LogP contribution in [0.2, 0.25) is 0 Å². The SMILES string of the molecule is O=C(C=Cc1ccc(Br)o1)OC(C(=O)c1c[nH]c2ccccc12)c1ccccc1. The number of rotatable bonds is 6. The molecule has 1 atom stereocenters. The van der Waals surface area contributed by atoms with Crippen molar-refractivity contribution < 1.29 is 18.7 Å². The number of esters is 1. The van der Waals surface area contributed by atoms with Gasteiger partial charge in [0.25, 0.3) is 0 Å². The molecule has 2 aromatic heterocycles. The van der Waals surface area contributed by atoms with E-state index in [-0.39, 0.29) is 5.78 Å². The molecule has 2 heterocycles. The Balaban J connectivity index is 1.62. The van der Waals surface area contributed by atoms with Crippen LogP contribution in [0.15, 0.2) is 88.1 Å². The Kier molecular flexibility index (Phi) is 5.44. The summed E-state index contributed by atoms with van der Waals surface area (Å²) in [6, 6.07) is 19.9. The van der Waals surface area contributed by atoms with Gasteiger partial charge in [-0.05, 0) is 40.2 Å². The second-order valence-electron chi connectivity index (χ2n) is 6.32. The maximum atomic E-state index is 13.3. The average Bonchev–Trinajstić information content (AvgIpc) is 3.36. The predicted octanol–water partition coefficient (Wildman–Crippen LogP) is 5.70. The Labute approximate surface area is 175 Å². The number of fused-ring (bicyclic) bond motifs is 1. The first kappa shape index (κ1) is 19.0. The summed E-state index contributed by atoms with van der Waals surface area (Å²) < 4.78 is 11.4. The molecule has 0 radical (unpaired) electrons. The molecular formula is C23H16BrNO4. The van der Waals surface area contributed by atoms with Crippen LogP contribution in [0.3, 0.4) is 0 Å². The number of aromatic amines is 1. The highest BCUT2D eigenvalue weighted by atomic mass is 79.9. The van der Waals surface area contributed by atoms with Crippen LogP contribution in [0.25, 0.3) is 17.0 Å². The lowest BCUT2D eigenvalue weighted by Crippen LogP contribution is -2.19. The molecule has 0 aliphatic carbocycles. The first-order chi connectivity index (χ1) is 14.1. The average molecular weight is 450 g/mol. The van der Waals surface area contributed by atoms with Crippen molar-refractivity contribution in [3.8, 4) is 0 Å². The number of H-pyrrole nitrogens is 1. The van der Waals surface area contributed by atoms with Crippen molar-refractivity contribution in [2.24, 2.45) is 0 Å². The number of ether oxygens (including phenoxy) is 1. The Morgan fingerprint density at radius 2 is 1.76 bits per heavy atom. The van der Waals surface area contributed by atoms with Crippen molar-refractivity contribution in [2.45, 2.75) is 6.10 Å². The molecule has 1 unspecified atom stereocenters. The molecule has 0 saturated heterocycles. The van der Waals surface area contributed by atoms with Gasteiger partial charge >= 0.3 is 5.97 Å². The van der Waals surface area contributed by atoms with Crippen molar-refractivity contribution >= 4 is 44.7 Å². The van der Waals surface area contributed by atoms with E-state index in [1.165, 1.54) is 12.2 Å². The quantitative estimate of drug-likeness (QED) is 0.232. The zero-order valence-electron chi connectivity index (χ0n) is 15.2. The summed E-state index contributed by atoms with van der Waals surface area (Å²) in [6.07, 6.45) is 3.32. The van der Waals surface area contributed by atoms with Crippen LogP contribution in [0.1, 0.15) is 27.8 Å². The molecule has 144 valence electrons. The van der Waals surface area contributed by atoms with Crippen LogP contribution < -0.4 is 0 Å². The normalized spacial score (nSPS) is 12.3. The molecule has 6 heteroatoms.